The van der Waals surface area contributed by atoms with Crippen LogP contribution in [0, 0.1) is 5.82 Å². The van der Waals surface area contributed by atoms with E-state index in [1.165, 1.54) is 6.07 Å². The summed E-state index contributed by atoms with van der Waals surface area (Å²) in [6.07, 6.45) is 1.64. The molecule has 1 aromatic carbocycles. The second kappa shape index (κ2) is 13.1. The normalized spacial score (nSPS) is 10.7. The molecule has 2 N–H and O–H groups in total. The van der Waals surface area contributed by atoms with E-state index in [4.69, 9.17) is 4.74 Å². The van der Waals surface area contributed by atoms with Gasteiger partial charge in [-0.3, -0.25) is 9.79 Å². The number of esters is 1. The number of nitrogens with one attached hydrogen (secondary N) is 2. The number of guanidine groups is 1. The highest BCUT2D eigenvalue weighted by molar-refractivity contribution is 14.0. The van der Waals surface area contributed by atoms with Crippen LogP contribution in [0.1, 0.15) is 25.3 Å². The molecule has 0 aliphatic heterocycles. The van der Waals surface area contributed by atoms with Crippen LogP contribution in [0.25, 0.3) is 0 Å². The summed E-state index contributed by atoms with van der Waals surface area (Å²) in [5.41, 5.74) is 0.674. The van der Waals surface area contributed by atoms with Crippen LogP contribution in [0.15, 0.2) is 29.3 Å². The maximum atomic E-state index is 13.5. The maximum absolute atomic E-state index is 13.5. The first-order valence-electron chi connectivity index (χ1n) is 7.51. The highest BCUT2D eigenvalue weighted by Crippen LogP contribution is 2.05. The van der Waals surface area contributed by atoms with Crippen molar-refractivity contribution < 1.29 is 13.9 Å². The Balaban J connectivity index is 0.00000484. The van der Waals surface area contributed by atoms with E-state index in [1.54, 1.807) is 26.1 Å². The van der Waals surface area contributed by atoms with E-state index in [0.717, 1.165) is 0 Å². The summed E-state index contributed by atoms with van der Waals surface area (Å²) in [6.45, 7) is 3.40. The number of carbonyl (C=O) groups excluding carboxylic acids is 1. The molecule has 5 nitrogen and oxygen atoms in total. The van der Waals surface area contributed by atoms with Crippen LogP contribution in [0.5, 0.6) is 0 Å². The first-order valence-corrected chi connectivity index (χ1v) is 7.51. The Kier molecular flexibility index (Phi) is 12.3. The Labute approximate surface area is 154 Å². The van der Waals surface area contributed by atoms with Gasteiger partial charge in [0.2, 0.25) is 0 Å². The zero-order chi connectivity index (χ0) is 16.2. The molecule has 0 heterocycles. The lowest BCUT2D eigenvalue weighted by Crippen LogP contribution is -2.38. The molecule has 130 valence electrons. The first kappa shape index (κ1) is 21.6. The van der Waals surface area contributed by atoms with Gasteiger partial charge in [0.15, 0.2) is 5.96 Å². The number of aliphatic imine (C=N–C) groups is 1. The first-order chi connectivity index (χ1) is 10.7. The van der Waals surface area contributed by atoms with Gasteiger partial charge in [0.1, 0.15) is 5.82 Å². The Bertz CT molecular complexity index is 498. The molecule has 1 aromatic rings. The number of ether oxygens (including phenoxy) is 1. The number of hydrogen-bond donors (Lipinski definition) is 2. The molecular weight excluding hydrogens is 412 g/mol. The quantitative estimate of drug-likeness (QED) is 0.216. The highest BCUT2D eigenvalue weighted by Gasteiger charge is 2.03. The molecule has 0 amide bonds. The van der Waals surface area contributed by atoms with Crippen molar-refractivity contribution in [2.75, 3.05) is 26.7 Å². The van der Waals surface area contributed by atoms with Gasteiger partial charge < -0.3 is 15.4 Å². The van der Waals surface area contributed by atoms with Crippen LogP contribution in [0.4, 0.5) is 4.39 Å². The molecule has 23 heavy (non-hydrogen) atoms. The third-order valence-corrected chi connectivity index (χ3v) is 3.02. The number of nitrogens with zero attached hydrogens (tertiary/aromatic N) is 1. The van der Waals surface area contributed by atoms with Crippen molar-refractivity contribution in [2.24, 2.45) is 4.99 Å². The van der Waals surface area contributed by atoms with Gasteiger partial charge in [-0.2, -0.15) is 0 Å². The third-order valence-electron chi connectivity index (χ3n) is 3.02. The van der Waals surface area contributed by atoms with E-state index in [0.29, 0.717) is 50.5 Å². The third kappa shape index (κ3) is 9.37. The number of benzene rings is 1. The summed E-state index contributed by atoms with van der Waals surface area (Å²) in [4.78, 5) is 15.3. The maximum Gasteiger partial charge on any atom is 0.305 e. The van der Waals surface area contributed by atoms with E-state index in [1.807, 2.05) is 6.07 Å². The number of rotatable bonds is 8. The molecule has 0 saturated carbocycles. The molecule has 0 fully saturated rings. The minimum Gasteiger partial charge on any atom is -0.466 e. The summed E-state index contributed by atoms with van der Waals surface area (Å²) in [7, 11) is 1.67. The largest absolute Gasteiger partial charge is 0.466 e. The summed E-state index contributed by atoms with van der Waals surface area (Å²) < 4.78 is 18.3. The minimum absolute atomic E-state index is 0. The standard InChI is InChI=1S/C16H24FN3O2.HI/c1-3-22-15(21)9-6-11-19-16(18-2)20-12-10-13-7-4-5-8-14(13)17;/h4-5,7-8H,3,6,9-12H2,1-2H3,(H2,18,19,20);1H. The smallest absolute Gasteiger partial charge is 0.305 e. The van der Waals surface area contributed by atoms with Gasteiger partial charge in [0, 0.05) is 26.6 Å². The molecular formula is C16H25FIN3O2. The number of halogens is 2. The molecule has 0 bridgehead atoms. The van der Waals surface area contributed by atoms with Crippen molar-refractivity contribution >= 4 is 35.9 Å². The molecule has 0 aromatic heterocycles. The number of hydrogen-bond acceptors (Lipinski definition) is 3. The SMILES string of the molecule is CCOC(=O)CCCNC(=NC)NCCc1ccccc1F.I. The van der Waals surface area contributed by atoms with Gasteiger partial charge in [0.05, 0.1) is 6.61 Å². The lowest BCUT2D eigenvalue weighted by atomic mass is 10.1. The van der Waals surface area contributed by atoms with Crippen LogP contribution in [0.2, 0.25) is 0 Å². The molecule has 1 rings (SSSR count). The Morgan fingerprint density at radius 2 is 1.96 bits per heavy atom. The van der Waals surface area contributed by atoms with Gasteiger partial charge in [-0.15, -0.1) is 24.0 Å². The molecule has 0 saturated heterocycles. The van der Waals surface area contributed by atoms with Crippen LogP contribution < -0.4 is 10.6 Å². The van der Waals surface area contributed by atoms with E-state index in [2.05, 4.69) is 15.6 Å². The zero-order valence-corrected chi connectivity index (χ0v) is 15.9. The van der Waals surface area contributed by atoms with Crippen molar-refractivity contribution in [3.05, 3.63) is 35.6 Å². The predicted molar refractivity (Wildman–Crippen MR) is 101 cm³/mol. The molecule has 7 heteroatoms. The molecule has 0 aliphatic rings. The van der Waals surface area contributed by atoms with E-state index >= 15 is 0 Å². The second-order valence-corrected chi connectivity index (χ2v) is 4.68. The Morgan fingerprint density at radius 3 is 2.61 bits per heavy atom. The van der Waals surface area contributed by atoms with Crippen LogP contribution in [0.3, 0.4) is 0 Å². The summed E-state index contributed by atoms with van der Waals surface area (Å²) in [5.74, 6) is 0.258. The predicted octanol–water partition coefficient (Wildman–Crippen LogP) is 2.49. The van der Waals surface area contributed by atoms with Crippen molar-refractivity contribution in [3.63, 3.8) is 0 Å². The zero-order valence-electron chi connectivity index (χ0n) is 13.6. The Morgan fingerprint density at radius 1 is 1.26 bits per heavy atom. The number of carbonyl (C=O) groups is 1. The summed E-state index contributed by atoms with van der Waals surface area (Å²) in [5, 5.41) is 6.22. The fourth-order valence-electron chi connectivity index (χ4n) is 1.91. The highest BCUT2D eigenvalue weighted by atomic mass is 127. The van der Waals surface area contributed by atoms with Crippen molar-refractivity contribution in [2.45, 2.75) is 26.2 Å². The minimum atomic E-state index is -0.193. The topological polar surface area (TPSA) is 62.7 Å². The average molecular weight is 437 g/mol. The van der Waals surface area contributed by atoms with Crippen molar-refractivity contribution in [1.29, 1.82) is 0 Å². The van der Waals surface area contributed by atoms with Gasteiger partial charge in [-0.25, -0.2) is 4.39 Å². The molecule has 0 spiro atoms. The van der Waals surface area contributed by atoms with Gasteiger partial charge in [0.25, 0.3) is 0 Å². The van der Waals surface area contributed by atoms with Crippen molar-refractivity contribution in [1.82, 2.24) is 10.6 Å². The van der Waals surface area contributed by atoms with E-state index < -0.39 is 0 Å². The van der Waals surface area contributed by atoms with E-state index in [9.17, 15) is 9.18 Å². The average Bonchev–Trinajstić information content (AvgIpc) is 2.51. The molecule has 0 unspecified atom stereocenters. The van der Waals surface area contributed by atoms with Crippen molar-refractivity contribution in [3.8, 4) is 0 Å². The monoisotopic (exact) mass is 437 g/mol. The second-order valence-electron chi connectivity index (χ2n) is 4.68. The van der Waals surface area contributed by atoms with Gasteiger partial charge in [-0.1, -0.05) is 18.2 Å². The Hall–Kier alpha value is -1.38. The van der Waals surface area contributed by atoms with Gasteiger partial charge in [-0.05, 0) is 31.4 Å². The fourth-order valence-corrected chi connectivity index (χ4v) is 1.91. The summed E-state index contributed by atoms with van der Waals surface area (Å²) >= 11 is 0. The lowest BCUT2D eigenvalue weighted by molar-refractivity contribution is -0.143. The molecule has 0 atom stereocenters. The van der Waals surface area contributed by atoms with Gasteiger partial charge >= 0.3 is 5.97 Å². The fraction of sp³-hybridized carbons (Fsp3) is 0.500. The summed E-state index contributed by atoms with van der Waals surface area (Å²) in [6, 6.07) is 6.72. The van der Waals surface area contributed by atoms with Crippen LogP contribution >= 0.6 is 24.0 Å². The molecule has 0 aliphatic carbocycles. The van der Waals surface area contributed by atoms with Crippen LogP contribution in [-0.4, -0.2) is 38.7 Å². The van der Waals surface area contributed by atoms with Crippen LogP contribution in [-0.2, 0) is 16.0 Å². The lowest BCUT2D eigenvalue weighted by Gasteiger charge is -2.12. The van der Waals surface area contributed by atoms with E-state index in [-0.39, 0.29) is 35.8 Å². The molecule has 0 radical (unpaired) electrons.